The third kappa shape index (κ3) is 1.54. The molecule has 2 bridgehead atoms. The molecule has 1 N–H and O–H groups in total. The molecular formula is C10H15NO3. The first-order valence-electron chi connectivity index (χ1n) is 5.03. The van der Waals surface area contributed by atoms with E-state index >= 15 is 0 Å². The van der Waals surface area contributed by atoms with Crippen molar-refractivity contribution in [2.45, 2.75) is 12.8 Å². The summed E-state index contributed by atoms with van der Waals surface area (Å²) in [5.74, 6) is -0.809. The van der Waals surface area contributed by atoms with Gasteiger partial charge in [0.1, 0.15) is 5.78 Å². The number of carboxylic acid groups (broad SMARTS) is 1. The fourth-order valence-electron chi connectivity index (χ4n) is 2.71. The van der Waals surface area contributed by atoms with Crippen LogP contribution in [0, 0.1) is 17.8 Å². The van der Waals surface area contributed by atoms with E-state index in [-0.39, 0.29) is 17.8 Å². The Labute approximate surface area is 82.9 Å². The maximum Gasteiger partial charge on any atom is 0.306 e. The van der Waals surface area contributed by atoms with Gasteiger partial charge in [0.2, 0.25) is 0 Å². The smallest absolute Gasteiger partial charge is 0.306 e. The summed E-state index contributed by atoms with van der Waals surface area (Å²) in [6, 6.07) is 0. The normalized spacial score (nSPS) is 38.4. The Morgan fingerprint density at radius 2 is 1.86 bits per heavy atom. The van der Waals surface area contributed by atoms with Crippen LogP contribution in [0.25, 0.3) is 0 Å². The molecule has 2 unspecified atom stereocenters. The van der Waals surface area contributed by atoms with E-state index in [0.29, 0.717) is 18.6 Å². The number of hydrogen-bond donors (Lipinski definition) is 1. The Balaban J connectivity index is 2.13. The van der Waals surface area contributed by atoms with Gasteiger partial charge >= 0.3 is 5.97 Å². The van der Waals surface area contributed by atoms with Crippen LogP contribution in [-0.2, 0) is 9.59 Å². The number of Topliss-reactive ketones (excluding diaryl/α,β-unsaturated/α-hetero) is 1. The van der Waals surface area contributed by atoms with Crippen molar-refractivity contribution < 1.29 is 14.7 Å². The zero-order valence-corrected chi connectivity index (χ0v) is 8.27. The Bertz CT molecular complexity index is 259. The minimum Gasteiger partial charge on any atom is -0.481 e. The van der Waals surface area contributed by atoms with Gasteiger partial charge in [-0.3, -0.25) is 9.59 Å². The average Bonchev–Trinajstić information content (AvgIpc) is 2.06. The van der Waals surface area contributed by atoms with Crippen molar-refractivity contribution in [2.24, 2.45) is 17.8 Å². The summed E-state index contributed by atoms with van der Waals surface area (Å²) >= 11 is 0. The van der Waals surface area contributed by atoms with Gasteiger partial charge in [-0.15, -0.1) is 0 Å². The first-order valence-corrected chi connectivity index (χ1v) is 5.03. The standard InChI is InChI=1S/C10H15NO3/c1-11-4-7-2-6(10(13)14)3-8(5-11)9(7)12/h6-8H,2-5H2,1H3,(H,13,14). The van der Waals surface area contributed by atoms with Gasteiger partial charge in [0.15, 0.2) is 0 Å². The second-order valence-electron chi connectivity index (χ2n) is 4.52. The van der Waals surface area contributed by atoms with Gasteiger partial charge in [0, 0.05) is 24.9 Å². The Kier molecular flexibility index (Phi) is 2.31. The molecule has 2 atom stereocenters. The molecule has 78 valence electrons. The van der Waals surface area contributed by atoms with Crippen molar-refractivity contribution in [3.63, 3.8) is 0 Å². The molecule has 0 aromatic rings. The monoisotopic (exact) mass is 197 g/mol. The lowest BCUT2D eigenvalue weighted by molar-refractivity contribution is -0.148. The Morgan fingerprint density at radius 1 is 1.36 bits per heavy atom. The molecule has 4 heteroatoms. The van der Waals surface area contributed by atoms with Crippen LogP contribution < -0.4 is 0 Å². The molecule has 0 aromatic carbocycles. The maximum atomic E-state index is 11.7. The fourth-order valence-corrected chi connectivity index (χ4v) is 2.71. The number of hydrogen-bond acceptors (Lipinski definition) is 3. The Hall–Kier alpha value is -0.900. The second-order valence-corrected chi connectivity index (χ2v) is 4.52. The average molecular weight is 197 g/mol. The van der Waals surface area contributed by atoms with Crippen LogP contribution in [0.4, 0.5) is 0 Å². The lowest BCUT2D eigenvalue weighted by Gasteiger charge is -2.40. The van der Waals surface area contributed by atoms with Crippen molar-refractivity contribution in [3.8, 4) is 0 Å². The minimum atomic E-state index is -0.739. The van der Waals surface area contributed by atoms with E-state index in [0.717, 1.165) is 13.1 Å². The van der Waals surface area contributed by atoms with Crippen molar-refractivity contribution in [1.29, 1.82) is 0 Å². The molecular weight excluding hydrogens is 182 g/mol. The summed E-state index contributed by atoms with van der Waals surface area (Å²) < 4.78 is 0. The van der Waals surface area contributed by atoms with E-state index < -0.39 is 5.97 Å². The molecule has 0 spiro atoms. The topological polar surface area (TPSA) is 57.6 Å². The van der Waals surface area contributed by atoms with Crippen LogP contribution in [0.3, 0.4) is 0 Å². The number of nitrogens with zero attached hydrogens (tertiary/aromatic N) is 1. The summed E-state index contributed by atoms with van der Waals surface area (Å²) in [7, 11) is 1.99. The van der Waals surface area contributed by atoms with Gasteiger partial charge in [-0.25, -0.2) is 0 Å². The molecule has 14 heavy (non-hydrogen) atoms. The molecule has 1 heterocycles. The number of carboxylic acids is 1. The van der Waals surface area contributed by atoms with E-state index in [9.17, 15) is 9.59 Å². The predicted molar refractivity (Wildman–Crippen MR) is 49.8 cm³/mol. The molecule has 1 aliphatic carbocycles. The van der Waals surface area contributed by atoms with Gasteiger partial charge in [-0.2, -0.15) is 0 Å². The number of ketones is 1. The van der Waals surface area contributed by atoms with E-state index in [1.807, 2.05) is 7.05 Å². The van der Waals surface area contributed by atoms with Crippen molar-refractivity contribution in [2.75, 3.05) is 20.1 Å². The molecule has 0 amide bonds. The number of carbonyl (C=O) groups is 2. The highest BCUT2D eigenvalue weighted by Gasteiger charge is 2.42. The first-order chi connectivity index (χ1) is 6.58. The zero-order valence-electron chi connectivity index (χ0n) is 8.27. The third-order valence-corrected chi connectivity index (χ3v) is 3.36. The summed E-state index contributed by atoms with van der Waals surface area (Å²) in [5.41, 5.74) is 0. The van der Waals surface area contributed by atoms with E-state index in [2.05, 4.69) is 4.90 Å². The second kappa shape index (κ2) is 3.35. The van der Waals surface area contributed by atoms with Crippen LogP contribution in [0.2, 0.25) is 0 Å². The molecule has 2 aliphatic rings. The highest BCUT2D eigenvalue weighted by Crippen LogP contribution is 2.34. The van der Waals surface area contributed by atoms with Crippen molar-refractivity contribution in [1.82, 2.24) is 4.90 Å². The number of piperidine rings is 1. The van der Waals surface area contributed by atoms with E-state index in [4.69, 9.17) is 5.11 Å². The minimum absolute atomic E-state index is 0.0337. The quantitative estimate of drug-likeness (QED) is 0.653. The van der Waals surface area contributed by atoms with Gasteiger partial charge in [-0.1, -0.05) is 0 Å². The SMILES string of the molecule is CN1CC2CC(C(=O)O)CC(C1)C2=O. The molecule has 0 radical (unpaired) electrons. The molecule has 0 aromatic heterocycles. The van der Waals surface area contributed by atoms with E-state index in [1.54, 1.807) is 0 Å². The van der Waals surface area contributed by atoms with Gasteiger partial charge in [0.05, 0.1) is 5.92 Å². The van der Waals surface area contributed by atoms with Crippen LogP contribution in [-0.4, -0.2) is 41.9 Å². The molecule has 1 saturated carbocycles. The van der Waals surface area contributed by atoms with Crippen LogP contribution >= 0.6 is 0 Å². The summed E-state index contributed by atoms with van der Waals surface area (Å²) in [5, 5.41) is 8.92. The van der Waals surface area contributed by atoms with Gasteiger partial charge in [-0.05, 0) is 19.9 Å². The number of fused-ring (bicyclic) bond motifs is 2. The number of rotatable bonds is 1. The molecule has 1 saturated heterocycles. The molecule has 2 fully saturated rings. The third-order valence-electron chi connectivity index (χ3n) is 3.36. The van der Waals surface area contributed by atoms with Crippen molar-refractivity contribution >= 4 is 11.8 Å². The lowest BCUT2D eigenvalue weighted by atomic mass is 9.71. The lowest BCUT2D eigenvalue weighted by Crippen LogP contribution is -2.50. The fraction of sp³-hybridized carbons (Fsp3) is 0.800. The van der Waals surface area contributed by atoms with Crippen molar-refractivity contribution in [3.05, 3.63) is 0 Å². The summed E-state index contributed by atoms with van der Waals surface area (Å²) in [6.45, 7) is 1.47. The predicted octanol–water partition coefficient (Wildman–Crippen LogP) is 0.228. The van der Waals surface area contributed by atoms with E-state index in [1.165, 1.54) is 0 Å². The van der Waals surface area contributed by atoms with Crippen LogP contribution in [0.1, 0.15) is 12.8 Å². The first kappa shape index (κ1) is 9.65. The highest BCUT2D eigenvalue weighted by molar-refractivity contribution is 5.87. The largest absolute Gasteiger partial charge is 0.481 e. The number of carbonyl (C=O) groups excluding carboxylic acids is 1. The van der Waals surface area contributed by atoms with Crippen LogP contribution in [0.15, 0.2) is 0 Å². The summed E-state index contributed by atoms with van der Waals surface area (Å²) in [6.07, 6.45) is 1.07. The van der Waals surface area contributed by atoms with Gasteiger partial charge in [0.25, 0.3) is 0 Å². The molecule has 4 nitrogen and oxygen atoms in total. The van der Waals surface area contributed by atoms with Crippen LogP contribution in [0.5, 0.6) is 0 Å². The highest BCUT2D eigenvalue weighted by atomic mass is 16.4. The maximum absolute atomic E-state index is 11.7. The number of likely N-dealkylation sites (tertiary alicyclic amines) is 1. The molecule has 2 rings (SSSR count). The number of aliphatic carboxylic acids is 1. The zero-order chi connectivity index (χ0) is 10.3. The van der Waals surface area contributed by atoms with Gasteiger partial charge < -0.3 is 10.0 Å². The summed E-state index contributed by atoms with van der Waals surface area (Å²) in [4.78, 5) is 24.7. The Morgan fingerprint density at radius 3 is 2.29 bits per heavy atom. The molecule has 1 aliphatic heterocycles.